The quantitative estimate of drug-likeness (QED) is 0.418. The van der Waals surface area contributed by atoms with Crippen LogP contribution >= 0.6 is 0 Å². The predicted molar refractivity (Wildman–Crippen MR) is 93.1 cm³/mol. The van der Waals surface area contributed by atoms with Crippen molar-refractivity contribution in [3.8, 4) is 0 Å². The number of ether oxygens (including phenoxy) is 1. The molecule has 0 saturated heterocycles. The number of non-ortho nitro benzene ring substituents is 1. The second-order valence-corrected chi connectivity index (χ2v) is 6.45. The molecule has 1 amide bonds. The first-order chi connectivity index (χ1) is 12.8. The third kappa shape index (κ3) is 4.52. The Hall–Kier alpha value is -3.17. The van der Waals surface area contributed by atoms with Crippen LogP contribution in [0.25, 0.3) is 11.1 Å². The summed E-state index contributed by atoms with van der Waals surface area (Å²) >= 11 is 0. The van der Waals surface area contributed by atoms with Crippen molar-refractivity contribution in [2.75, 3.05) is 0 Å². The molecule has 1 aliphatic rings. The topological polar surface area (TPSA) is 134 Å². The standard InChI is InChI=1S/C17H19N3O7/c1-10(16(22)18-11-4-5-11)26-15(21)3-2-8-19-13-7-6-12(20(24)25)9-14(13)27-17(19)23/h6-7,9-11H,2-5,8H2,1H3,(H,18,22). The van der Waals surface area contributed by atoms with Crippen LogP contribution in [0.3, 0.4) is 0 Å². The molecule has 0 aliphatic heterocycles. The van der Waals surface area contributed by atoms with Crippen molar-refractivity contribution in [2.24, 2.45) is 0 Å². The molecule has 144 valence electrons. The van der Waals surface area contributed by atoms with Crippen LogP contribution in [0.1, 0.15) is 32.6 Å². The number of oxazole rings is 1. The van der Waals surface area contributed by atoms with Crippen LogP contribution in [0.5, 0.6) is 0 Å². The zero-order valence-corrected chi connectivity index (χ0v) is 14.7. The summed E-state index contributed by atoms with van der Waals surface area (Å²) in [6, 6.07) is 4.08. The minimum absolute atomic E-state index is 0.0210. The number of nitrogens with one attached hydrogen (secondary N) is 1. The molecule has 0 spiro atoms. The Morgan fingerprint density at radius 2 is 2.19 bits per heavy atom. The van der Waals surface area contributed by atoms with Gasteiger partial charge in [-0.1, -0.05) is 0 Å². The maximum Gasteiger partial charge on any atom is 0.419 e. The van der Waals surface area contributed by atoms with Gasteiger partial charge < -0.3 is 14.5 Å². The van der Waals surface area contributed by atoms with Crippen molar-refractivity contribution < 1.29 is 23.7 Å². The number of fused-ring (bicyclic) bond motifs is 1. The second-order valence-electron chi connectivity index (χ2n) is 6.45. The molecular weight excluding hydrogens is 358 g/mol. The molecule has 0 bridgehead atoms. The number of rotatable bonds is 8. The van der Waals surface area contributed by atoms with Crippen molar-refractivity contribution >= 4 is 28.7 Å². The van der Waals surface area contributed by atoms with Crippen molar-refractivity contribution in [3.63, 3.8) is 0 Å². The number of nitro benzene ring substituents is 1. The number of hydrogen-bond acceptors (Lipinski definition) is 7. The zero-order valence-electron chi connectivity index (χ0n) is 14.7. The summed E-state index contributed by atoms with van der Waals surface area (Å²) in [6.07, 6.45) is 1.34. The third-order valence-electron chi connectivity index (χ3n) is 4.23. The molecular formula is C17H19N3O7. The Kier molecular flexibility index (Phi) is 5.24. The van der Waals surface area contributed by atoms with Gasteiger partial charge in [-0.25, -0.2) is 4.79 Å². The number of nitrogens with zero attached hydrogens (tertiary/aromatic N) is 2. The minimum Gasteiger partial charge on any atom is -0.453 e. The van der Waals surface area contributed by atoms with Crippen molar-refractivity contribution in [3.05, 3.63) is 38.9 Å². The van der Waals surface area contributed by atoms with Crippen LogP contribution in [-0.4, -0.2) is 33.5 Å². The van der Waals surface area contributed by atoms with Crippen LogP contribution in [0.4, 0.5) is 5.69 Å². The van der Waals surface area contributed by atoms with Gasteiger partial charge in [0.1, 0.15) is 0 Å². The summed E-state index contributed by atoms with van der Waals surface area (Å²) in [6.45, 7) is 1.69. The van der Waals surface area contributed by atoms with Crippen LogP contribution in [-0.2, 0) is 20.9 Å². The first-order valence-corrected chi connectivity index (χ1v) is 8.63. The highest BCUT2D eigenvalue weighted by Crippen LogP contribution is 2.20. The molecule has 1 unspecified atom stereocenters. The monoisotopic (exact) mass is 377 g/mol. The van der Waals surface area contributed by atoms with Crippen molar-refractivity contribution in [1.82, 2.24) is 9.88 Å². The fourth-order valence-corrected chi connectivity index (χ4v) is 2.62. The number of aryl methyl sites for hydroxylation is 1. The van der Waals surface area contributed by atoms with E-state index in [0.717, 1.165) is 12.8 Å². The number of aromatic nitrogens is 1. The third-order valence-corrected chi connectivity index (χ3v) is 4.23. The Morgan fingerprint density at radius 3 is 2.85 bits per heavy atom. The molecule has 2 aromatic rings. The number of hydrogen-bond donors (Lipinski definition) is 1. The van der Waals surface area contributed by atoms with Crippen LogP contribution in [0, 0.1) is 10.1 Å². The molecule has 0 radical (unpaired) electrons. The van der Waals surface area contributed by atoms with Gasteiger partial charge in [-0.3, -0.25) is 24.3 Å². The average molecular weight is 377 g/mol. The fraction of sp³-hybridized carbons (Fsp3) is 0.471. The van der Waals surface area contributed by atoms with E-state index < -0.39 is 22.8 Å². The van der Waals surface area contributed by atoms with E-state index >= 15 is 0 Å². The van der Waals surface area contributed by atoms with E-state index in [1.54, 1.807) is 0 Å². The number of amides is 1. The number of nitro groups is 1. The lowest BCUT2D eigenvalue weighted by atomic mass is 10.2. The molecule has 10 nitrogen and oxygen atoms in total. The van der Waals surface area contributed by atoms with E-state index in [1.165, 1.54) is 29.7 Å². The molecule has 1 fully saturated rings. The lowest BCUT2D eigenvalue weighted by Crippen LogP contribution is -2.37. The molecule has 1 aromatic heterocycles. The van der Waals surface area contributed by atoms with E-state index in [4.69, 9.17) is 9.15 Å². The maximum absolute atomic E-state index is 11.9. The van der Waals surface area contributed by atoms with Gasteiger partial charge in [-0.05, 0) is 32.3 Å². The van der Waals surface area contributed by atoms with Gasteiger partial charge in [0.25, 0.3) is 11.6 Å². The predicted octanol–water partition coefficient (Wildman–Crippen LogP) is 1.49. The van der Waals surface area contributed by atoms with Crippen LogP contribution in [0.2, 0.25) is 0 Å². The van der Waals surface area contributed by atoms with Gasteiger partial charge in [-0.2, -0.15) is 0 Å². The summed E-state index contributed by atoms with van der Waals surface area (Å²) in [4.78, 5) is 45.8. The Morgan fingerprint density at radius 1 is 1.44 bits per heavy atom. The molecule has 1 heterocycles. The molecule has 1 saturated carbocycles. The van der Waals surface area contributed by atoms with Gasteiger partial charge in [0.2, 0.25) is 0 Å². The highest BCUT2D eigenvalue weighted by Gasteiger charge is 2.27. The van der Waals surface area contributed by atoms with Crippen LogP contribution < -0.4 is 11.1 Å². The van der Waals surface area contributed by atoms with Gasteiger partial charge >= 0.3 is 11.7 Å². The lowest BCUT2D eigenvalue weighted by molar-refractivity contribution is -0.384. The summed E-state index contributed by atoms with van der Waals surface area (Å²) in [5.74, 6) is -1.51. The largest absolute Gasteiger partial charge is 0.453 e. The number of carbonyl (C=O) groups is 2. The minimum atomic E-state index is -0.865. The Labute approximate surface area is 153 Å². The summed E-state index contributed by atoms with van der Waals surface area (Å²) in [5.41, 5.74) is 0.351. The zero-order chi connectivity index (χ0) is 19.6. The first-order valence-electron chi connectivity index (χ1n) is 8.63. The number of benzene rings is 1. The van der Waals surface area contributed by atoms with E-state index in [1.807, 2.05) is 0 Å². The van der Waals surface area contributed by atoms with Crippen LogP contribution in [0.15, 0.2) is 27.4 Å². The molecule has 10 heteroatoms. The first kappa shape index (κ1) is 18.6. The van der Waals surface area contributed by atoms with E-state index in [2.05, 4.69) is 5.32 Å². The molecule has 1 N–H and O–H groups in total. The molecule has 27 heavy (non-hydrogen) atoms. The van der Waals surface area contributed by atoms with Gasteiger partial charge in [0.15, 0.2) is 11.7 Å². The van der Waals surface area contributed by atoms with Crippen molar-refractivity contribution in [1.29, 1.82) is 0 Å². The summed E-state index contributed by atoms with van der Waals surface area (Å²) in [5, 5.41) is 13.5. The summed E-state index contributed by atoms with van der Waals surface area (Å²) < 4.78 is 11.4. The molecule has 3 rings (SSSR count). The molecule has 1 aromatic carbocycles. The van der Waals surface area contributed by atoms with E-state index in [-0.39, 0.29) is 36.2 Å². The van der Waals surface area contributed by atoms with E-state index in [9.17, 15) is 24.5 Å². The van der Waals surface area contributed by atoms with Gasteiger partial charge in [0, 0.05) is 25.1 Å². The number of esters is 1. The Balaban J connectivity index is 1.54. The smallest absolute Gasteiger partial charge is 0.419 e. The normalized spacial score (nSPS) is 14.7. The lowest BCUT2D eigenvalue weighted by Gasteiger charge is -2.13. The highest BCUT2D eigenvalue weighted by atomic mass is 16.6. The Bertz CT molecular complexity index is 942. The summed E-state index contributed by atoms with van der Waals surface area (Å²) in [7, 11) is 0. The van der Waals surface area contributed by atoms with Gasteiger partial charge in [0.05, 0.1) is 16.5 Å². The van der Waals surface area contributed by atoms with E-state index in [0.29, 0.717) is 11.9 Å². The SMILES string of the molecule is CC(OC(=O)CCCn1c(=O)oc2cc([N+](=O)[O-])ccc21)C(=O)NC1CC1. The highest BCUT2D eigenvalue weighted by molar-refractivity contribution is 5.83. The second kappa shape index (κ2) is 7.60. The average Bonchev–Trinajstić information content (AvgIpc) is 3.37. The van der Waals surface area contributed by atoms with Gasteiger partial charge in [-0.15, -0.1) is 0 Å². The molecule has 1 atom stereocenters. The fourth-order valence-electron chi connectivity index (χ4n) is 2.62. The molecule has 1 aliphatic carbocycles. The number of carbonyl (C=O) groups excluding carboxylic acids is 2. The van der Waals surface area contributed by atoms with Crippen molar-refractivity contribution in [2.45, 2.75) is 51.3 Å². The maximum atomic E-state index is 11.9.